The molecule has 0 aliphatic heterocycles. The number of hydrogen-bond donors (Lipinski definition) is 1. The molecule has 0 fully saturated rings. The topological polar surface area (TPSA) is 46.2 Å². The highest BCUT2D eigenvalue weighted by atomic mass is 35.5. The van der Waals surface area contributed by atoms with E-state index in [1.807, 2.05) is 13.8 Å². The van der Waals surface area contributed by atoms with Gasteiger partial charge in [-0.25, -0.2) is 12.8 Å². The lowest BCUT2D eigenvalue weighted by Gasteiger charge is -2.08. The van der Waals surface area contributed by atoms with Crippen LogP contribution in [0, 0.1) is 12.7 Å². The first kappa shape index (κ1) is 15.2. The van der Waals surface area contributed by atoms with E-state index in [4.69, 9.17) is 11.6 Å². The second-order valence-corrected chi connectivity index (χ2v) is 5.11. The molecule has 0 heterocycles. The first-order valence-corrected chi connectivity index (χ1v) is 7.00. The van der Waals surface area contributed by atoms with Crippen molar-refractivity contribution in [1.82, 2.24) is 0 Å². The first-order chi connectivity index (χ1) is 7.29. The summed E-state index contributed by atoms with van der Waals surface area (Å²) in [6, 6.07) is 2.42. The van der Waals surface area contributed by atoms with Gasteiger partial charge in [0, 0.05) is 0 Å². The van der Waals surface area contributed by atoms with Gasteiger partial charge in [0.1, 0.15) is 5.82 Å². The highest BCUT2D eigenvalue weighted by Crippen LogP contribution is 2.23. The van der Waals surface area contributed by atoms with E-state index in [0.717, 1.165) is 12.3 Å². The van der Waals surface area contributed by atoms with Crippen LogP contribution in [0.3, 0.4) is 0 Å². The molecule has 1 aromatic carbocycles. The zero-order valence-corrected chi connectivity index (χ0v) is 11.2. The van der Waals surface area contributed by atoms with Crippen molar-refractivity contribution >= 4 is 27.3 Å². The molecule has 0 aliphatic rings. The summed E-state index contributed by atoms with van der Waals surface area (Å²) in [4.78, 5) is 0. The van der Waals surface area contributed by atoms with E-state index in [9.17, 15) is 12.8 Å². The maximum absolute atomic E-state index is 13.0. The van der Waals surface area contributed by atoms with Crippen molar-refractivity contribution in [2.45, 2.75) is 20.8 Å². The van der Waals surface area contributed by atoms with Gasteiger partial charge in [0.05, 0.1) is 17.0 Å². The molecule has 1 N–H and O–H groups in total. The quantitative estimate of drug-likeness (QED) is 0.895. The molecule has 0 aromatic heterocycles. The van der Waals surface area contributed by atoms with Crippen molar-refractivity contribution < 1.29 is 12.8 Å². The highest BCUT2D eigenvalue weighted by Gasteiger charge is 2.08. The Morgan fingerprint density at radius 1 is 1.31 bits per heavy atom. The first-order valence-electron chi connectivity index (χ1n) is 4.73. The lowest BCUT2D eigenvalue weighted by molar-refractivity contribution is 0.606. The Labute approximate surface area is 101 Å². The molecule has 0 saturated heterocycles. The molecular weight excluding hydrogens is 253 g/mol. The van der Waals surface area contributed by atoms with E-state index >= 15 is 0 Å². The molecule has 0 saturated carbocycles. The number of aryl methyl sites for hydroxylation is 1. The lowest BCUT2D eigenvalue weighted by Crippen LogP contribution is -2.10. The normalized spacial score (nSPS) is 10.4. The monoisotopic (exact) mass is 267 g/mol. The van der Waals surface area contributed by atoms with Gasteiger partial charge >= 0.3 is 0 Å². The minimum absolute atomic E-state index is 0.0263. The van der Waals surface area contributed by atoms with Gasteiger partial charge in [0.15, 0.2) is 0 Å². The van der Waals surface area contributed by atoms with Crippen LogP contribution < -0.4 is 4.72 Å². The van der Waals surface area contributed by atoms with Crippen molar-refractivity contribution in [3.05, 3.63) is 28.5 Å². The summed E-state index contributed by atoms with van der Waals surface area (Å²) in [5, 5.41) is -0.0263. The predicted octanol–water partition coefficient (Wildman–Crippen LogP) is 3.19. The molecule has 0 radical (unpaired) electrons. The van der Waals surface area contributed by atoms with Gasteiger partial charge in [0.25, 0.3) is 0 Å². The molecule has 92 valence electrons. The van der Waals surface area contributed by atoms with Gasteiger partial charge in [-0.1, -0.05) is 25.4 Å². The van der Waals surface area contributed by atoms with Crippen LogP contribution in [-0.4, -0.2) is 14.7 Å². The fraction of sp³-hybridized carbons (Fsp3) is 0.400. The summed E-state index contributed by atoms with van der Waals surface area (Å²) < 4.78 is 36.9. The second-order valence-electron chi connectivity index (χ2n) is 2.96. The van der Waals surface area contributed by atoms with Crippen molar-refractivity contribution in [2.75, 3.05) is 11.0 Å². The van der Waals surface area contributed by atoms with Gasteiger partial charge in [-0.05, 0) is 24.6 Å². The Kier molecular flexibility index (Phi) is 5.75. The Hall–Kier alpha value is -0.810. The van der Waals surface area contributed by atoms with Crippen LogP contribution in [0.4, 0.5) is 10.1 Å². The van der Waals surface area contributed by atoms with Gasteiger partial charge in [-0.15, -0.1) is 0 Å². The van der Waals surface area contributed by atoms with Crippen molar-refractivity contribution in [2.24, 2.45) is 0 Å². The van der Waals surface area contributed by atoms with E-state index < -0.39 is 15.8 Å². The summed E-state index contributed by atoms with van der Waals surface area (Å²) in [6.07, 6.45) is 0.999. The summed E-state index contributed by atoms with van der Waals surface area (Å²) in [6.45, 7) is 5.64. The Balaban J connectivity index is 0.00000106. The smallest absolute Gasteiger partial charge is 0.229 e. The van der Waals surface area contributed by atoms with Gasteiger partial charge < -0.3 is 0 Å². The molecule has 1 aromatic rings. The largest absolute Gasteiger partial charge is 0.283 e. The predicted molar refractivity (Wildman–Crippen MR) is 66.0 cm³/mol. The lowest BCUT2D eigenvalue weighted by atomic mass is 10.2. The molecule has 0 atom stereocenters. The number of hydrogen-bond acceptors (Lipinski definition) is 2. The van der Waals surface area contributed by atoms with E-state index in [1.165, 1.54) is 6.07 Å². The summed E-state index contributed by atoms with van der Waals surface area (Å²) in [5.74, 6) is -0.650. The molecule has 0 amide bonds. The van der Waals surface area contributed by atoms with E-state index in [1.54, 1.807) is 6.92 Å². The molecule has 1 rings (SSSR count). The molecule has 0 bridgehead atoms. The van der Waals surface area contributed by atoms with Crippen LogP contribution >= 0.6 is 11.6 Å². The summed E-state index contributed by atoms with van der Waals surface area (Å²) in [5.41, 5.74) is 0.774. The molecule has 3 nitrogen and oxygen atoms in total. The van der Waals surface area contributed by atoms with E-state index in [0.29, 0.717) is 5.56 Å². The van der Waals surface area contributed by atoms with Crippen molar-refractivity contribution in [3.63, 3.8) is 0 Å². The number of sulfonamides is 1. The summed E-state index contributed by atoms with van der Waals surface area (Å²) >= 11 is 5.50. The third-order valence-electron chi connectivity index (χ3n) is 1.56. The SMILES string of the molecule is CC.Cc1cc(Cl)c(F)cc1NS(C)(=O)=O. The van der Waals surface area contributed by atoms with E-state index in [-0.39, 0.29) is 10.7 Å². The van der Waals surface area contributed by atoms with Crippen LogP contribution in [0.15, 0.2) is 12.1 Å². The second kappa shape index (κ2) is 6.06. The fourth-order valence-corrected chi connectivity index (χ4v) is 1.79. The third kappa shape index (κ3) is 4.81. The number of anilines is 1. The average molecular weight is 268 g/mol. The maximum atomic E-state index is 13.0. The standard InChI is InChI=1S/C8H9ClFNO2S.C2H6/c1-5-3-6(9)7(10)4-8(5)11-14(2,12)13;1-2/h3-4,11H,1-2H3;1-2H3. The zero-order chi connectivity index (χ0) is 12.9. The summed E-state index contributed by atoms with van der Waals surface area (Å²) in [7, 11) is -3.39. The van der Waals surface area contributed by atoms with Crippen LogP contribution in [0.25, 0.3) is 0 Å². The van der Waals surface area contributed by atoms with Gasteiger partial charge in [0.2, 0.25) is 10.0 Å². The van der Waals surface area contributed by atoms with Crippen molar-refractivity contribution in [3.8, 4) is 0 Å². The molecule has 0 unspecified atom stereocenters. The molecule has 16 heavy (non-hydrogen) atoms. The van der Waals surface area contributed by atoms with Crippen LogP contribution in [-0.2, 0) is 10.0 Å². The Bertz CT molecular complexity index is 460. The minimum Gasteiger partial charge on any atom is -0.283 e. The average Bonchev–Trinajstić information content (AvgIpc) is 2.15. The van der Waals surface area contributed by atoms with Crippen LogP contribution in [0.2, 0.25) is 5.02 Å². The van der Waals surface area contributed by atoms with E-state index in [2.05, 4.69) is 4.72 Å². The molecule has 0 spiro atoms. The molecule has 0 aliphatic carbocycles. The maximum Gasteiger partial charge on any atom is 0.229 e. The minimum atomic E-state index is -3.39. The Morgan fingerprint density at radius 3 is 2.25 bits per heavy atom. The number of rotatable bonds is 2. The van der Waals surface area contributed by atoms with Gasteiger partial charge in [-0.3, -0.25) is 4.72 Å². The Morgan fingerprint density at radius 2 is 1.81 bits per heavy atom. The highest BCUT2D eigenvalue weighted by molar-refractivity contribution is 7.92. The number of halogens is 2. The van der Waals surface area contributed by atoms with Crippen molar-refractivity contribution in [1.29, 1.82) is 0 Å². The molecule has 6 heteroatoms. The number of benzene rings is 1. The van der Waals surface area contributed by atoms with Gasteiger partial charge in [-0.2, -0.15) is 0 Å². The molecular formula is C10H15ClFNO2S. The third-order valence-corrected chi connectivity index (χ3v) is 2.44. The van der Waals surface area contributed by atoms with Crippen LogP contribution in [0.1, 0.15) is 19.4 Å². The fourth-order valence-electron chi connectivity index (χ4n) is 0.956. The zero-order valence-electron chi connectivity index (χ0n) is 9.64. The number of nitrogens with one attached hydrogen (secondary N) is 1. The van der Waals surface area contributed by atoms with Crippen LogP contribution in [0.5, 0.6) is 0 Å².